The maximum absolute atomic E-state index is 4.78. The van der Waals surface area contributed by atoms with Crippen molar-refractivity contribution < 1.29 is 0 Å². The number of halogens is 1. The van der Waals surface area contributed by atoms with Gasteiger partial charge in [0, 0.05) is 36.3 Å². The lowest BCUT2D eigenvalue weighted by Gasteiger charge is -2.13. The van der Waals surface area contributed by atoms with Gasteiger partial charge in [-0.15, -0.1) is 35.3 Å². The molecule has 0 spiro atoms. The zero-order valence-corrected chi connectivity index (χ0v) is 20.5. The predicted molar refractivity (Wildman–Crippen MR) is 132 cm³/mol. The first-order chi connectivity index (χ1) is 13.6. The lowest BCUT2D eigenvalue weighted by atomic mass is 10.2. The minimum Gasteiger partial charge on any atom is -0.357 e. The largest absolute Gasteiger partial charge is 0.357 e. The molecule has 2 N–H and O–H groups in total. The third kappa shape index (κ3) is 6.53. The van der Waals surface area contributed by atoms with Crippen LogP contribution in [0, 0.1) is 20.8 Å². The molecule has 0 radical (unpaired) electrons. The van der Waals surface area contributed by atoms with Gasteiger partial charge in [0.15, 0.2) is 5.96 Å². The van der Waals surface area contributed by atoms with Gasteiger partial charge in [-0.25, -0.2) is 14.7 Å². The fourth-order valence-electron chi connectivity index (χ4n) is 3.03. The number of nitrogens with one attached hydrogen (secondary N) is 2. The number of hydrogen-bond acceptors (Lipinski definition) is 4. The summed E-state index contributed by atoms with van der Waals surface area (Å²) < 4.78 is 1.99. The standard InChI is InChI=1S/C21H28N6S.HI/c1-5-22-21(23-11-10-20-24-13-17(4)28-20)25-14-18-8-6-7-9-19(18)27-16(3)12-15(2)26-27;/h6-9,12-13H,5,10-11,14H2,1-4H3,(H2,22,23,25);1H. The van der Waals surface area contributed by atoms with E-state index in [4.69, 9.17) is 4.99 Å². The maximum Gasteiger partial charge on any atom is 0.191 e. The van der Waals surface area contributed by atoms with Crippen molar-refractivity contribution in [2.45, 2.75) is 40.7 Å². The molecule has 0 saturated carbocycles. The summed E-state index contributed by atoms with van der Waals surface area (Å²) >= 11 is 1.74. The van der Waals surface area contributed by atoms with Crippen LogP contribution in [0.3, 0.4) is 0 Å². The van der Waals surface area contributed by atoms with Gasteiger partial charge in [0.1, 0.15) is 0 Å². The van der Waals surface area contributed by atoms with E-state index in [1.54, 1.807) is 11.3 Å². The Morgan fingerprint density at radius 1 is 1.17 bits per heavy atom. The molecule has 0 fully saturated rings. The first-order valence-corrected chi connectivity index (χ1v) is 10.4. The number of aliphatic imine (C=N–C) groups is 1. The Morgan fingerprint density at radius 3 is 2.62 bits per heavy atom. The minimum absolute atomic E-state index is 0. The molecule has 156 valence electrons. The first-order valence-electron chi connectivity index (χ1n) is 9.62. The van der Waals surface area contributed by atoms with E-state index in [2.05, 4.69) is 59.7 Å². The summed E-state index contributed by atoms with van der Waals surface area (Å²) in [5, 5.41) is 12.5. The van der Waals surface area contributed by atoms with Gasteiger partial charge in [-0.05, 0) is 45.4 Å². The minimum atomic E-state index is 0. The molecule has 0 bridgehead atoms. The number of nitrogens with zero attached hydrogens (tertiary/aromatic N) is 4. The Hall–Kier alpha value is -1.94. The molecule has 29 heavy (non-hydrogen) atoms. The maximum atomic E-state index is 4.78. The number of rotatable bonds is 7. The topological polar surface area (TPSA) is 67.1 Å². The van der Waals surface area contributed by atoms with E-state index in [1.807, 2.05) is 29.9 Å². The highest BCUT2D eigenvalue weighted by molar-refractivity contribution is 14.0. The van der Waals surface area contributed by atoms with Crippen LogP contribution in [-0.4, -0.2) is 33.8 Å². The smallest absolute Gasteiger partial charge is 0.191 e. The summed E-state index contributed by atoms with van der Waals surface area (Å²) in [6.07, 6.45) is 2.82. The summed E-state index contributed by atoms with van der Waals surface area (Å²) in [6.45, 7) is 10.5. The molecule has 3 rings (SSSR count). The third-order valence-corrected chi connectivity index (χ3v) is 5.25. The molecule has 1 aromatic carbocycles. The summed E-state index contributed by atoms with van der Waals surface area (Å²) in [4.78, 5) is 10.4. The molecular weight excluding hydrogens is 495 g/mol. The monoisotopic (exact) mass is 524 g/mol. The molecule has 0 atom stereocenters. The zero-order chi connectivity index (χ0) is 19.9. The lowest BCUT2D eigenvalue weighted by Crippen LogP contribution is -2.38. The first kappa shape index (κ1) is 23.3. The van der Waals surface area contributed by atoms with Gasteiger partial charge in [0.05, 0.1) is 22.9 Å². The van der Waals surface area contributed by atoms with Crippen molar-refractivity contribution in [1.82, 2.24) is 25.4 Å². The number of benzene rings is 1. The van der Waals surface area contributed by atoms with Crippen LogP contribution in [0.15, 0.2) is 41.5 Å². The second-order valence-electron chi connectivity index (χ2n) is 6.70. The van der Waals surface area contributed by atoms with Crippen LogP contribution >= 0.6 is 35.3 Å². The van der Waals surface area contributed by atoms with Crippen LogP contribution < -0.4 is 10.6 Å². The van der Waals surface area contributed by atoms with E-state index in [0.29, 0.717) is 6.54 Å². The average Bonchev–Trinajstić information content (AvgIpc) is 3.24. The van der Waals surface area contributed by atoms with Crippen molar-refractivity contribution in [3.63, 3.8) is 0 Å². The average molecular weight is 524 g/mol. The van der Waals surface area contributed by atoms with E-state index < -0.39 is 0 Å². The van der Waals surface area contributed by atoms with Crippen molar-refractivity contribution in [3.05, 3.63) is 63.4 Å². The molecule has 0 saturated heterocycles. The highest BCUT2D eigenvalue weighted by Gasteiger charge is 2.09. The SMILES string of the molecule is CCNC(=NCc1ccccc1-n1nc(C)cc1C)NCCc1ncc(C)s1.I. The molecule has 0 aliphatic heterocycles. The van der Waals surface area contributed by atoms with Crippen LogP contribution in [0.5, 0.6) is 0 Å². The summed E-state index contributed by atoms with van der Waals surface area (Å²) in [5.41, 5.74) is 4.35. The van der Waals surface area contributed by atoms with E-state index in [-0.39, 0.29) is 24.0 Å². The van der Waals surface area contributed by atoms with Gasteiger partial charge >= 0.3 is 0 Å². The quantitative estimate of drug-likeness (QED) is 0.277. The Bertz CT molecular complexity index is 946. The van der Waals surface area contributed by atoms with Crippen LogP contribution in [0.4, 0.5) is 0 Å². The predicted octanol–water partition coefficient (Wildman–Crippen LogP) is 4.17. The van der Waals surface area contributed by atoms with Gasteiger partial charge < -0.3 is 10.6 Å². The second-order valence-corrected chi connectivity index (χ2v) is 8.02. The molecule has 8 heteroatoms. The number of hydrogen-bond donors (Lipinski definition) is 2. The zero-order valence-electron chi connectivity index (χ0n) is 17.4. The highest BCUT2D eigenvalue weighted by Crippen LogP contribution is 2.18. The van der Waals surface area contributed by atoms with Gasteiger partial charge in [0.2, 0.25) is 0 Å². The summed E-state index contributed by atoms with van der Waals surface area (Å²) in [5.74, 6) is 0.818. The Labute approximate surface area is 193 Å². The van der Waals surface area contributed by atoms with E-state index >= 15 is 0 Å². The van der Waals surface area contributed by atoms with Crippen LogP contribution in [0.25, 0.3) is 5.69 Å². The van der Waals surface area contributed by atoms with E-state index in [9.17, 15) is 0 Å². The van der Waals surface area contributed by atoms with Gasteiger partial charge in [-0.1, -0.05) is 18.2 Å². The van der Waals surface area contributed by atoms with Crippen LogP contribution in [0.2, 0.25) is 0 Å². The fourth-order valence-corrected chi connectivity index (χ4v) is 3.82. The van der Waals surface area contributed by atoms with Gasteiger partial charge in [0.25, 0.3) is 0 Å². The van der Waals surface area contributed by atoms with E-state index in [0.717, 1.165) is 53.1 Å². The van der Waals surface area contributed by atoms with Crippen molar-refractivity contribution in [2.75, 3.05) is 13.1 Å². The molecule has 2 aromatic heterocycles. The Balaban J connectivity index is 0.00000300. The highest BCUT2D eigenvalue weighted by atomic mass is 127. The molecule has 0 aliphatic rings. The fraction of sp³-hybridized carbons (Fsp3) is 0.381. The molecular formula is C21H29IN6S. The van der Waals surface area contributed by atoms with Gasteiger partial charge in [-0.3, -0.25) is 0 Å². The molecule has 2 heterocycles. The second kappa shape index (κ2) is 11.3. The number of aromatic nitrogens is 3. The number of aryl methyl sites for hydroxylation is 3. The summed E-state index contributed by atoms with van der Waals surface area (Å²) in [6, 6.07) is 10.4. The molecule has 3 aromatic rings. The van der Waals surface area contributed by atoms with E-state index in [1.165, 1.54) is 4.88 Å². The number of guanidine groups is 1. The van der Waals surface area contributed by atoms with Crippen molar-refractivity contribution in [2.24, 2.45) is 4.99 Å². The number of para-hydroxylation sites is 1. The van der Waals surface area contributed by atoms with Crippen molar-refractivity contribution in [3.8, 4) is 5.69 Å². The van der Waals surface area contributed by atoms with Crippen molar-refractivity contribution in [1.29, 1.82) is 0 Å². The lowest BCUT2D eigenvalue weighted by molar-refractivity contribution is 0.789. The van der Waals surface area contributed by atoms with Gasteiger partial charge in [-0.2, -0.15) is 5.10 Å². The molecule has 6 nitrogen and oxygen atoms in total. The molecule has 0 aliphatic carbocycles. The normalized spacial score (nSPS) is 11.2. The summed E-state index contributed by atoms with van der Waals surface area (Å²) in [7, 11) is 0. The van der Waals surface area contributed by atoms with Crippen LogP contribution in [-0.2, 0) is 13.0 Å². The Kier molecular flexibility index (Phi) is 9.09. The third-order valence-electron chi connectivity index (χ3n) is 4.28. The number of thiazole rings is 1. The Morgan fingerprint density at radius 2 is 1.97 bits per heavy atom. The molecule has 0 amide bonds. The van der Waals surface area contributed by atoms with Crippen LogP contribution in [0.1, 0.15) is 33.8 Å². The van der Waals surface area contributed by atoms with Crippen molar-refractivity contribution >= 4 is 41.3 Å². The molecule has 0 unspecified atom stereocenters.